The molecule has 0 spiro atoms. The van der Waals surface area contributed by atoms with Gasteiger partial charge in [0.1, 0.15) is 5.82 Å². The Morgan fingerprint density at radius 1 is 1.15 bits per heavy atom. The second-order valence-electron chi connectivity index (χ2n) is 7.85. The molecule has 1 amide bonds. The highest BCUT2D eigenvalue weighted by Crippen LogP contribution is 2.31. The molecular weight excluding hydrogens is 331 g/mol. The molecule has 1 aliphatic heterocycles. The highest BCUT2D eigenvalue weighted by molar-refractivity contribution is 6.08. The number of hydrogen-bond donors (Lipinski definition) is 1. The average molecular weight is 354 g/mol. The van der Waals surface area contributed by atoms with Gasteiger partial charge in [0.05, 0.1) is 18.7 Å². The molecule has 4 rings (SSSR count). The Morgan fingerprint density at radius 2 is 1.88 bits per heavy atom. The summed E-state index contributed by atoms with van der Waals surface area (Å²) < 4.78 is 15.8. The lowest BCUT2D eigenvalue weighted by Gasteiger charge is -2.30. The number of fused-ring (bicyclic) bond motifs is 3. The first-order valence-corrected chi connectivity index (χ1v) is 9.01. The van der Waals surface area contributed by atoms with Gasteiger partial charge in [-0.25, -0.2) is 4.39 Å². The minimum Gasteiger partial charge on any atom is -0.386 e. The van der Waals surface area contributed by atoms with Crippen molar-refractivity contribution in [2.24, 2.45) is 5.92 Å². The van der Waals surface area contributed by atoms with E-state index in [-0.39, 0.29) is 11.7 Å². The highest BCUT2D eigenvalue weighted by Gasteiger charge is 2.33. The molecule has 136 valence electrons. The first-order valence-electron chi connectivity index (χ1n) is 9.01. The van der Waals surface area contributed by atoms with Gasteiger partial charge < -0.3 is 14.6 Å². The molecule has 2 aromatic carbocycles. The maximum Gasteiger partial charge on any atom is 0.223 e. The van der Waals surface area contributed by atoms with E-state index in [2.05, 4.69) is 0 Å². The van der Waals surface area contributed by atoms with E-state index < -0.39 is 5.60 Å². The first-order chi connectivity index (χ1) is 12.3. The smallest absolute Gasteiger partial charge is 0.223 e. The maximum absolute atomic E-state index is 13.8. The summed E-state index contributed by atoms with van der Waals surface area (Å²) >= 11 is 0. The van der Waals surface area contributed by atoms with Crippen LogP contribution in [0.25, 0.3) is 21.8 Å². The summed E-state index contributed by atoms with van der Waals surface area (Å²) in [4.78, 5) is 13.8. The van der Waals surface area contributed by atoms with E-state index in [0.29, 0.717) is 32.0 Å². The van der Waals surface area contributed by atoms with Gasteiger partial charge in [0.25, 0.3) is 0 Å². The number of aliphatic hydroxyl groups is 1. The lowest BCUT2D eigenvalue weighted by Crippen LogP contribution is -2.44. The lowest BCUT2D eigenvalue weighted by atomic mass is 10.1. The molecule has 1 aromatic heterocycles. The highest BCUT2D eigenvalue weighted by atomic mass is 19.1. The molecule has 4 nitrogen and oxygen atoms in total. The number of hydrogen-bond acceptors (Lipinski definition) is 2. The van der Waals surface area contributed by atoms with Crippen molar-refractivity contribution >= 4 is 27.7 Å². The molecule has 0 bridgehead atoms. The minimum absolute atomic E-state index is 0.0991. The first kappa shape index (κ1) is 17.0. The fourth-order valence-electron chi connectivity index (χ4n) is 4.12. The number of carbonyl (C=O) groups is 1. The van der Waals surface area contributed by atoms with Crippen LogP contribution in [0.5, 0.6) is 0 Å². The van der Waals surface area contributed by atoms with Gasteiger partial charge in [0.2, 0.25) is 5.91 Å². The molecule has 3 aromatic rings. The summed E-state index contributed by atoms with van der Waals surface area (Å²) in [6.45, 7) is 5.13. The topological polar surface area (TPSA) is 45.5 Å². The molecule has 1 N–H and O–H groups in total. The van der Waals surface area contributed by atoms with E-state index in [1.807, 2.05) is 35.8 Å². The fourth-order valence-corrected chi connectivity index (χ4v) is 4.12. The van der Waals surface area contributed by atoms with Crippen LogP contribution in [0, 0.1) is 11.7 Å². The molecule has 0 aliphatic carbocycles. The largest absolute Gasteiger partial charge is 0.386 e. The molecule has 0 radical (unpaired) electrons. The Morgan fingerprint density at radius 3 is 2.62 bits per heavy atom. The zero-order chi connectivity index (χ0) is 18.5. The molecule has 5 heteroatoms. The van der Waals surface area contributed by atoms with Crippen molar-refractivity contribution in [3.05, 3.63) is 48.3 Å². The van der Waals surface area contributed by atoms with Crippen LogP contribution in [0.3, 0.4) is 0 Å². The zero-order valence-corrected chi connectivity index (χ0v) is 15.1. The van der Waals surface area contributed by atoms with Crippen LogP contribution in [0.1, 0.15) is 20.3 Å². The normalized spacial score (nSPS) is 20.2. The third-order valence-electron chi connectivity index (χ3n) is 5.17. The third-order valence-corrected chi connectivity index (χ3v) is 5.17. The molecule has 2 heterocycles. The number of rotatable bonds is 4. The number of para-hydroxylation sites is 1. The van der Waals surface area contributed by atoms with Crippen molar-refractivity contribution in [2.45, 2.75) is 32.4 Å². The van der Waals surface area contributed by atoms with Crippen molar-refractivity contribution in [3.8, 4) is 0 Å². The van der Waals surface area contributed by atoms with E-state index in [1.165, 1.54) is 12.1 Å². The van der Waals surface area contributed by atoms with E-state index in [9.17, 15) is 14.3 Å². The number of halogens is 1. The Hall–Kier alpha value is -2.40. The lowest BCUT2D eigenvalue weighted by molar-refractivity contribution is -0.130. The van der Waals surface area contributed by atoms with E-state index >= 15 is 0 Å². The van der Waals surface area contributed by atoms with Crippen molar-refractivity contribution in [2.75, 3.05) is 13.1 Å². The van der Waals surface area contributed by atoms with Crippen LogP contribution in [-0.2, 0) is 11.3 Å². The zero-order valence-electron chi connectivity index (χ0n) is 15.1. The summed E-state index contributed by atoms with van der Waals surface area (Å²) in [5.74, 6) is 0.153. The van der Waals surface area contributed by atoms with E-state index in [1.54, 1.807) is 17.9 Å². The van der Waals surface area contributed by atoms with Gasteiger partial charge in [-0.05, 0) is 37.1 Å². The Labute approximate surface area is 151 Å². The maximum atomic E-state index is 13.8. The van der Waals surface area contributed by atoms with Crippen LogP contribution in [-0.4, -0.2) is 39.2 Å². The predicted octanol–water partition coefficient (Wildman–Crippen LogP) is 3.55. The van der Waals surface area contributed by atoms with Crippen LogP contribution in [0.4, 0.5) is 4.39 Å². The minimum atomic E-state index is -1.08. The Balaban J connectivity index is 1.72. The second-order valence-corrected chi connectivity index (χ2v) is 7.85. The van der Waals surface area contributed by atoms with Gasteiger partial charge >= 0.3 is 0 Å². The Bertz CT molecular complexity index is 992. The number of carbonyl (C=O) groups excluding carboxylic acids is 1. The predicted molar refractivity (Wildman–Crippen MR) is 100 cm³/mol. The Kier molecular flexibility index (Phi) is 3.99. The van der Waals surface area contributed by atoms with Crippen molar-refractivity contribution in [1.29, 1.82) is 0 Å². The number of likely N-dealkylation sites (tertiary alicyclic amines) is 1. The average Bonchev–Trinajstić information content (AvgIpc) is 3.04. The van der Waals surface area contributed by atoms with Crippen molar-refractivity contribution in [1.82, 2.24) is 9.47 Å². The quantitative estimate of drug-likeness (QED) is 0.779. The standard InChI is InChI=1S/C21H23FN2O2/c1-14-9-20(25)23(11-14)12-21(2,26)13-24-18-6-4-3-5-16(18)17-10-15(22)7-8-19(17)24/h3-8,10,14,26H,9,11-13H2,1-2H3. The molecule has 1 saturated heterocycles. The van der Waals surface area contributed by atoms with Crippen LogP contribution in [0.2, 0.25) is 0 Å². The molecule has 2 unspecified atom stereocenters. The summed E-state index contributed by atoms with van der Waals surface area (Å²) in [6.07, 6.45) is 0.546. The van der Waals surface area contributed by atoms with E-state index in [4.69, 9.17) is 0 Å². The van der Waals surface area contributed by atoms with E-state index in [0.717, 1.165) is 21.8 Å². The van der Waals surface area contributed by atoms with Gasteiger partial charge in [-0.3, -0.25) is 4.79 Å². The van der Waals surface area contributed by atoms with Crippen LogP contribution >= 0.6 is 0 Å². The van der Waals surface area contributed by atoms with Gasteiger partial charge in [-0.1, -0.05) is 25.1 Å². The molecule has 0 saturated carbocycles. The number of aromatic nitrogens is 1. The van der Waals surface area contributed by atoms with Crippen molar-refractivity contribution < 1.29 is 14.3 Å². The summed E-state index contributed by atoms with van der Waals surface area (Å²) in [5.41, 5.74) is 0.756. The third kappa shape index (κ3) is 2.97. The number of β-amino-alcohol motifs (C(OH)–C–C–N with tert-alkyl or cyclic N) is 1. The number of benzene rings is 2. The number of amides is 1. The van der Waals surface area contributed by atoms with Gasteiger partial charge in [0.15, 0.2) is 0 Å². The number of nitrogens with zero attached hydrogens (tertiary/aromatic N) is 2. The molecule has 1 fully saturated rings. The summed E-state index contributed by atoms with van der Waals surface area (Å²) in [6, 6.07) is 12.5. The molecule has 2 atom stereocenters. The second kappa shape index (κ2) is 6.09. The SMILES string of the molecule is CC1CC(=O)N(CC(C)(O)Cn2c3ccccc3c3cc(F)ccc32)C1. The molecular formula is C21H23FN2O2. The van der Waals surface area contributed by atoms with Crippen LogP contribution in [0.15, 0.2) is 42.5 Å². The molecule has 1 aliphatic rings. The van der Waals surface area contributed by atoms with Gasteiger partial charge in [0, 0.05) is 34.8 Å². The van der Waals surface area contributed by atoms with Gasteiger partial charge in [-0.15, -0.1) is 0 Å². The summed E-state index contributed by atoms with van der Waals surface area (Å²) in [7, 11) is 0. The molecule has 26 heavy (non-hydrogen) atoms. The monoisotopic (exact) mass is 354 g/mol. The summed E-state index contributed by atoms with van der Waals surface area (Å²) in [5, 5.41) is 12.8. The van der Waals surface area contributed by atoms with Gasteiger partial charge in [-0.2, -0.15) is 0 Å². The van der Waals surface area contributed by atoms with Crippen LogP contribution < -0.4 is 0 Å². The fraction of sp³-hybridized carbons (Fsp3) is 0.381. The van der Waals surface area contributed by atoms with Crippen molar-refractivity contribution in [3.63, 3.8) is 0 Å².